The molecule has 0 bridgehead atoms. The fourth-order valence-corrected chi connectivity index (χ4v) is 3.08. The van der Waals surface area contributed by atoms with Crippen molar-refractivity contribution in [3.05, 3.63) is 0 Å². The minimum atomic E-state index is -0.243. The molecule has 0 spiro atoms. The Hall–Kier alpha value is -1.06. The summed E-state index contributed by atoms with van der Waals surface area (Å²) in [6, 6.07) is 0. The van der Waals surface area contributed by atoms with E-state index in [4.69, 9.17) is 4.74 Å². The Morgan fingerprint density at radius 3 is 2.22 bits per heavy atom. The predicted octanol–water partition coefficient (Wildman–Crippen LogP) is 4.32. The predicted molar refractivity (Wildman–Crippen MR) is 93.2 cm³/mol. The van der Waals surface area contributed by atoms with Gasteiger partial charge < -0.3 is 9.64 Å². The van der Waals surface area contributed by atoms with Gasteiger partial charge in [0, 0.05) is 19.5 Å². The van der Waals surface area contributed by atoms with Gasteiger partial charge in [-0.25, -0.2) is 0 Å². The lowest BCUT2D eigenvalue weighted by Crippen LogP contribution is -2.27. The van der Waals surface area contributed by atoms with E-state index < -0.39 is 0 Å². The molecule has 23 heavy (non-hydrogen) atoms. The van der Waals surface area contributed by atoms with Gasteiger partial charge >= 0.3 is 5.97 Å². The molecule has 1 fully saturated rings. The van der Waals surface area contributed by atoms with E-state index >= 15 is 0 Å². The minimum absolute atomic E-state index is 0.114. The van der Waals surface area contributed by atoms with Crippen LogP contribution in [0.5, 0.6) is 0 Å². The third-order valence-corrected chi connectivity index (χ3v) is 4.53. The SMILES string of the molecule is CCCCCCCCCCCN1CC(C(=O)OCCC)CC1=O. The molecule has 4 nitrogen and oxygen atoms in total. The van der Waals surface area contributed by atoms with Gasteiger partial charge in [-0.1, -0.05) is 65.2 Å². The van der Waals surface area contributed by atoms with E-state index in [9.17, 15) is 9.59 Å². The highest BCUT2D eigenvalue weighted by molar-refractivity contribution is 5.86. The fraction of sp³-hybridized carbons (Fsp3) is 0.895. The standard InChI is InChI=1S/C19H35NO3/c1-3-5-6-7-8-9-10-11-12-13-20-16-17(15-18(20)21)19(22)23-14-4-2/h17H,3-16H2,1-2H3. The first-order chi connectivity index (χ1) is 11.2. The van der Waals surface area contributed by atoms with Gasteiger partial charge in [-0.2, -0.15) is 0 Å². The van der Waals surface area contributed by atoms with Crippen molar-refractivity contribution < 1.29 is 14.3 Å². The number of hydrogen-bond donors (Lipinski definition) is 0. The number of likely N-dealkylation sites (tertiary alicyclic amines) is 1. The third kappa shape index (κ3) is 8.38. The molecule has 1 aliphatic heterocycles. The van der Waals surface area contributed by atoms with E-state index in [0.29, 0.717) is 19.6 Å². The first-order valence-corrected chi connectivity index (χ1v) is 9.63. The van der Waals surface area contributed by atoms with Crippen LogP contribution >= 0.6 is 0 Å². The minimum Gasteiger partial charge on any atom is -0.465 e. The van der Waals surface area contributed by atoms with Crippen molar-refractivity contribution in [1.29, 1.82) is 0 Å². The number of rotatable bonds is 13. The zero-order valence-electron chi connectivity index (χ0n) is 15.1. The molecule has 1 aliphatic rings. The molecule has 1 saturated heterocycles. The molecule has 4 heteroatoms. The summed E-state index contributed by atoms with van der Waals surface area (Å²) in [5, 5.41) is 0. The van der Waals surface area contributed by atoms with Gasteiger partial charge in [0.2, 0.25) is 5.91 Å². The molecule has 0 N–H and O–H groups in total. The molecule has 1 amide bonds. The maximum Gasteiger partial charge on any atom is 0.311 e. The Kier molecular flexibility index (Phi) is 10.8. The maximum absolute atomic E-state index is 11.9. The molecule has 1 unspecified atom stereocenters. The third-order valence-electron chi connectivity index (χ3n) is 4.53. The highest BCUT2D eigenvalue weighted by Gasteiger charge is 2.34. The van der Waals surface area contributed by atoms with Crippen LogP contribution < -0.4 is 0 Å². The number of amides is 1. The van der Waals surface area contributed by atoms with Crippen LogP contribution in [0.15, 0.2) is 0 Å². The normalized spacial score (nSPS) is 17.7. The Labute approximate surface area is 141 Å². The van der Waals surface area contributed by atoms with Crippen LogP contribution in [0.4, 0.5) is 0 Å². The number of carbonyl (C=O) groups excluding carboxylic acids is 2. The van der Waals surface area contributed by atoms with Crippen molar-refractivity contribution in [2.75, 3.05) is 19.7 Å². The lowest BCUT2D eigenvalue weighted by molar-refractivity contribution is -0.148. The summed E-state index contributed by atoms with van der Waals surface area (Å²) in [6.07, 6.45) is 12.7. The van der Waals surface area contributed by atoms with Crippen molar-refractivity contribution in [2.45, 2.75) is 84.5 Å². The highest BCUT2D eigenvalue weighted by atomic mass is 16.5. The number of ether oxygens (including phenoxy) is 1. The van der Waals surface area contributed by atoms with Gasteiger partial charge in [-0.15, -0.1) is 0 Å². The first kappa shape index (κ1) is 20.0. The fourth-order valence-electron chi connectivity index (χ4n) is 3.08. The Balaban J connectivity index is 2.04. The molecule has 1 rings (SSSR count). The summed E-state index contributed by atoms with van der Waals surface area (Å²) >= 11 is 0. The topological polar surface area (TPSA) is 46.6 Å². The van der Waals surface area contributed by atoms with Gasteiger partial charge in [0.05, 0.1) is 12.5 Å². The molecule has 0 aromatic heterocycles. The quantitative estimate of drug-likeness (QED) is 0.374. The monoisotopic (exact) mass is 325 g/mol. The summed E-state index contributed by atoms with van der Waals surface area (Å²) in [4.78, 5) is 25.6. The largest absolute Gasteiger partial charge is 0.465 e. The van der Waals surface area contributed by atoms with E-state index in [1.54, 1.807) is 0 Å². The molecule has 1 heterocycles. The van der Waals surface area contributed by atoms with Crippen molar-refractivity contribution >= 4 is 11.9 Å². The summed E-state index contributed by atoms with van der Waals surface area (Å²) < 4.78 is 5.15. The molecule has 0 aromatic carbocycles. The molecule has 0 aliphatic carbocycles. The Bertz CT molecular complexity index is 344. The van der Waals surface area contributed by atoms with Crippen LogP contribution in [-0.2, 0) is 14.3 Å². The molecular formula is C19H35NO3. The zero-order chi connectivity index (χ0) is 16.9. The van der Waals surface area contributed by atoms with Crippen molar-refractivity contribution in [3.63, 3.8) is 0 Å². The number of carbonyl (C=O) groups is 2. The highest BCUT2D eigenvalue weighted by Crippen LogP contribution is 2.20. The summed E-state index contributed by atoms with van der Waals surface area (Å²) in [5.41, 5.74) is 0. The zero-order valence-corrected chi connectivity index (χ0v) is 15.1. The van der Waals surface area contributed by atoms with Crippen LogP contribution in [0.3, 0.4) is 0 Å². The summed E-state index contributed by atoms with van der Waals surface area (Å²) in [6.45, 7) is 6.03. The van der Waals surface area contributed by atoms with Crippen LogP contribution in [0.25, 0.3) is 0 Å². The van der Waals surface area contributed by atoms with E-state index in [0.717, 1.165) is 19.4 Å². The molecular weight excluding hydrogens is 290 g/mol. The maximum atomic E-state index is 11.9. The molecule has 134 valence electrons. The van der Waals surface area contributed by atoms with Crippen LogP contribution in [0, 0.1) is 5.92 Å². The number of esters is 1. The summed E-state index contributed by atoms with van der Waals surface area (Å²) in [5.74, 6) is -0.328. The van der Waals surface area contributed by atoms with Gasteiger partial charge in [0.25, 0.3) is 0 Å². The van der Waals surface area contributed by atoms with Crippen LogP contribution in [-0.4, -0.2) is 36.5 Å². The van der Waals surface area contributed by atoms with E-state index in [2.05, 4.69) is 6.92 Å². The molecule has 0 aromatic rings. The van der Waals surface area contributed by atoms with E-state index in [-0.39, 0.29) is 17.8 Å². The number of unbranched alkanes of at least 4 members (excludes halogenated alkanes) is 8. The second-order valence-electron chi connectivity index (χ2n) is 6.74. The summed E-state index contributed by atoms with van der Waals surface area (Å²) in [7, 11) is 0. The lowest BCUT2D eigenvalue weighted by atomic mass is 10.1. The van der Waals surface area contributed by atoms with E-state index in [1.807, 2.05) is 11.8 Å². The smallest absolute Gasteiger partial charge is 0.311 e. The Morgan fingerprint density at radius 2 is 1.61 bits per heavy atom. The molecule has 0 saturated carbocycles. The molecule has 1 atom stereocenters. The van der Waals surface area contributed by atoms with Crippen molar-refractivity contribution in [1.82, 2.24) is 4.90 Å². The number of hydrogen-bond acceptors (Lipinski definition) is 3. The van der Waals surface area contributed by atoms with Crippen LogP contribution in [0.1, 0.15) is 84.5 Å². The second-order valence-corrected chi connectivity index (χ2v) is 6.74. The first-order valence-electron chi connectivity index (χ1n) is 9.63. The lowest BCUT2D eigenvalue weighted by Gasteiger charge is -2.16. The van der Waals surface area contributed by atoms with Gasteiger partial charge in [-0.05, 0) is 12.8 Å². The van der Waals surface area contributed by atoms with Gasteiger partial charge in [-0.3, -0.25) is 9.59 Å². The van der Waals surface area contributed by atoms with Crippen molar-refractivity contribution in [2.24, 2.45) is 5.92 Å². The van der Waals surface area contributed by atoms with Crippen LogP contribution in [0.2, 0.25) is 0 Å². The van der Waals surface area contributed by atoms with Gasteiger partial charge in [0.1, 0.15) is 0 Å². The second kappa shape index (κ2) is 12.4. The van der Waals surface area contributed by atoms with E-state index in [1.165, 1.54) is 51.4 Å². The number of nitrogens with zero attached hydrogens (tertiary/aromatic N) is 1. The Morgan fingerprint density at radius 1 is 1.00 bits per heavy atom. The molecule has 0 radical (unpaired) electrons. The average Bonchev–Trinajstić information content (AvgIpc) is 2.92. The van der Waals surface area contributed by atoms with Gasteiger partial charge in [0.15, 0.2) is 0 Å². The average molecular weight is 325 g/mol. The van der Waals surface area contributed by atoms with Crippen molar-refractivity contribution in [3.8, 4) is 0 Å².